The average Bonchev–Trinajstić information content (AvgIpc) is 2.94. The summed E-state index contributed by atoms with van der Waals surface area (Å²) in [6.45, 7) is 2.41. The third-order valence-corrected chi connectivity index (χ3v) is 2.21. The highest BCUT2D eigenvalue weighted by Gasteiger charge is 2.11. The third kappa shape index (κ3) is 2.98. The fraction of sp³-hybridized carbons (Fsp3) is 0.300. The second kappa shape index (κ2) is 5.93. The molecule has 0 saturated heterocycles. The van der Waals surface area contributed by atoms with Crippen molar-refractivity contribution in [2.45, 2.75) is 13.3 Å². The van der Waals surface area contributed by atoms with Crippen LogP contribution in [0, 0.1) is 0 Å². The van der Waals surface area contributed by atoms with Crippen molar-refractivity contribution < 1.29 is 9.53 Å². The van der Waals surface area contributed by atoms with Crippen molar-refractivity contribution in [1.29, 1.82) is 0 Å². The van der Waals surface area contributed by atoms with Crippen molar-refractivity contribution in [3.8, 4) is 12.0 Å². The number of carbonyl (C=O) groups is 1. The second-order valence-electron chi connectivity index (χ2n) is 3.74. The molecule has 0 spiro atoms. The molecule has 10 heteroatoms. The smallest absolute Gasteiger partial charge is 0.323 e. The van der Waals surface area contributed by atoms with E-state index in [2.05, 4.69) is 25.5 Å². The summed E-state index contributed by atoms with van der Waals surface area (Å²) in [5.74, 6) is 4.93. The molecule has 20 heavy (non-hydrogen) atoms. The second-order valence-corrected chi connectivity index (χ2v) is 3.74. The minimum atomic E-state index is -0.641. The van der Waals surface area contributed by atoms with E-state index in [1.54, 1.807) is 0 Å². The minimum Gasteiger partial charge on any atom is -0.463 e. The zero-order chi connectivity index (χ0) is 14.5. The van der Waals surface area contributed by atoms with Crippen LogP contribution in [0.2, 0.25) is 0 Å². The number of amides is 1. The number of rotatable bonds is 6. The van der Waals surface area contributed by atoms with Crippen LogP contribution in [0.3, 0.4) is 0 Å². The van der Waals surface area contributed by atoms with E-state index in [9.17, 15) is 4.79 Å². The number of nitrogen functional groups attached to an aromatic ring is 1. The standard InChI is InChI=1S/C10H14N8O2/c1-2-5-20-10-14-8(16-12)13-9(15-10)18-4-3-6(17-18)7(11)19/h3-4H,2,5,12H2,1H3,(H2,11,19)(H,13,14,15,16). The molecular weight excluding hydrogens is 264 g/mol. The Hall–Kier alpha value is -2.75. The largest absolute Gasteiger partial charge is 0.463 e. The molecule has 106 valence electrons. The van der Waals surface area contributed by atoms with Gasteiger partial charge in [-0.1, -0.05) is 6.92 Å². The normalized spacial score (nSPS) is 10.3. The van der Waals surface area contributed by atoms with Gasteiger partial charge in [-0.25, -0.2) is 10.5 Å². The minimum absolute atomic E-state index is 0.101. The molecule has 0 bridgehead atoms. The van der Waals surface area contributed by atoms with E-state index in [0.29, 0.717) is 6.61 Å². The summed E-state index contributed by atoms with van der Waals surface area (Å²) in [6, 6.07) is 1.56. The Bertz CT molecular complexity index is 611. The van der Waals surface area contributed by atoms with E-state index in [1.807, 2.05) is 6.92 Å². The molecule has 0 saturated carbocycles. The highest BCUT2D eigenvalue weighted by molar-refractivity contribution is 5.90. The van der Waals surface area contributed by atoms with E-state index in [4.69, 9.17) is 16.3 Å². The molecule has 0 aliphatic carbocycles. The number of nitrogens with two attached hydrogens (primary N) is 2. The van der Waals surface area contributed by atoms with Crippen LogP contribution in [0.15, 0.2) is 12.3 Å². The Morgan fingerprint density at radius 3 is 2.85 bits per heavy atom. The number of aromatic nitrogens is 5. The average molecular weight is 278 g/mol. The topological polar surface area (TPSA) is 147 Å². The maximum absolute atomic E-state index is 11.0. The molecule has 0 unspecified atom stereocenters. The van der Waals surface area contributed by atoms with Crippen molar-refractivity contribution in [2.24, 2.45) is 11.6 Å². The Kier molecular flexibility index (Phi) is 4.05. The fourth-order valence-corrected chi connectivity index (χ4v) is 1.34. The van der Waals surface area contributed by atoms with Gasteiger partial charge in [0.05, 0.1) is 6.61 Å². The lowest BCUT2D eigenvalue weighted by Crippen LogP contribution is -2.16. The predicted molar refractivity (Wildman–Crippen MR) is 69.1 cm³/mol. The van der Waals surface area contributed by atoms with Crippen LogP contribution < -0.4 is 21.7 Å². The summed E-state index contributed by atoms with van der Waals surface area (Å²) in [5.41, 5.74) is 7.54. The van der Waals surface area contributed by atoms with E-state index in [1.165, 1.54) is 16.9 Å². The van der Waals surface area contributed by atoms with E-state index in [0.717, 1.165) is 6.42 Å². The highest BCUT2D eigenvalue weighted by atomic mass is 16.5. The molecule has 2 rings (SSSR count). The van der Waals surface area contributed by atoms with Gasteiger partial charge in [0.1, 0.15) is 5.69 Å². The quantitative estimate of drug-likeness (QED) is 0.461. The number of hydrogen-bond acceptors (Lipinski definition) is 8. The first-order valence-electron chi connectivity index (χ1n) is 5.85. The molecule has 2 heterocycles. The Morgan fingerprint density at radius 1 is 1.45 bits per heavy atom. The van der Waals surface area contributed by atoms with Gasteiger partial charge >= 0.3 is 6.01 Å². The molecule has 0 aliphatic heterocycles. The van der Waals surface area contributed by atoms with Crippen molar-refractivity contribution in [1.82, 2.24) is 24.7 Å². The molecule has 0 radical (unpaired) electrons. The van der Waals surface area contributed by atoms with E-state index < -0.39 is 5.91 Å². The van der Waals surface area contributed by atoms with Gasteiger partial charge in [-0.15, -0.1) is 0 Å². The maximum atomic E-state index is 11.0. The number of anilines is 1. The molecule has 2 aromatic rings. The number of nitrogens with one attached hydrogen (secondary N) is 1. The first-order valence-corrected chi connectivity index (χ1v) is 5.85. The molecule has 1 amide bonds. The van der Waals surface area contributed by atoms with Crippen molar-refractivity contribution in [3.63, 3.8) is 0 Å². The molecule has 5 N–H and O–H groups in total. The molecule has 2 aromatic heterocycles. The van der Waals surface area contributed by atoms with Crippen LogP contribution >= 0.6 is 0 Å². The fourth-order valence-electron chi connectivity index (χ4n) is 1.34. The first-order chi connectivity index (χ1) is 9.63. The van der Waals surface area contributed by atoms with Gasteiger partial charge < -0.3 is 10.5 Å². The van der Waals surface area contributed by atoms with Gasteiger partial charge in [0, 0.05) is 6.20 Å². The zero-order valence-corrected chi connectivity index (χ0v) is 10.8. The SMILES string of the molecule is CCCOc1nc(NN)nc(-n2ccc(C(N)=O)n2)n1. The Labute approximate surface area is 114 Å². The lowest BCUT2D eigenvalue weighted by atomic mass is 10.4. The van der Waals surface area contributed by atoms with Crippen molar-refractivity contribution in [2.75, 3.05) is 12.0 Å². The zero-order valence-electron chi connectivity index (χ0n) is 10.8. The highest BCUT2D eigenvalue weighted by Crippen LogP contribution is 2.10. The van der Waals surface area contributed by atoms with Crippen LogP contribution in [0.25, 0.3) is 5.95 Å². The number of carbonyl (C=O) groups excluding carboxylic acids is 1. The van der Waals surface area contributed by atoms with Crippen LogP contribution in [-0.4, -0.2) is 37.2 Å². The molecule has 0 atom stereocenters. The van der Waals surface area contributed by atoms with Gasteiger partial charge in [0.15, 0.2) is 0 Å². The summed E-state index contributed by atoms with van der Waals surface area (Å²) >= 11 is 0. The first kappa shape index (κ1) is 13.7. The molecule has 0 fully saturated rings. The number of hydrazine groups is 1. The van der Waals surface area contributed by atoms with Crippen LogP contribution in [0.4, 0.5) is 5.95 Å². The summed E-state index contributed by atoms with van der Waals surface area (Å²) in [7, 11) is 0. The van der Waals surface area contributed by atoms with Crippen molar-refractivity contribution in [3.05, 3.63) is 18.0 Å². The van der Waals surface area contributed by atoms with Gasteiger partial charge in [0.25, 0.3) is 11.9 Å². The summed E-state index contributed by atoms with van der Waals surface area (Å²) < 4.78 is 6.60. The van der Waals surface area contributed by atoms with Gasteiger partial charge in [-0.05, 0) is 12.5 Å². The number of primary amides is 1. The monoisotopic (exact) mass is 278 g/mol. The summed E-state index contributed by atoms with van der Waals surface area (Å²) in [4.78, 5) is 23.0. The lowest BCUT2D eigenvalue weighted by Gasteiger charge is -2.06. The van der Waals surface area contributed by atoms with Crippen LogP contribution in [0.1, 0.15) is 23.8 Å². The van der Waals surface area contributed by atoms with Crippen molar-refractivity contribution >= 4 is 11.9 Å². The number of nitrogens with zero attached hydrogens (tertiary/aromatic N) is 5. The van der Waals surface area contributed by atoms with Gasteiger partial charge in [-0.3, -0.25) is 10.2 Å². The summed E-state index contributed by atoms with van der Waals surface area (Å²) in [5, 5.41) is 3.94. The maximum Gasteiger partial charge on any atom is 0.323 e. The lowest BCUT2D eigenvalue weighted by molar-refractivity contribution is 0.0995. The van der Waals surface area contributed by atoms with E-state index in [-0.39, 0.29) is 23.6 Å². The number of hydrogen-bond donors (Lipinski definition) is 3. The third-order valence-electron chi connectivity index (χ3n) is 2.21. The molecule has 0 aliphatic rings. The van der Waals surface area contributed by atoms with Crippen LogP contribution in [-0.2, 0) is 0 Å². The van der Waals surface area contributed by atoms with Gasteiger partial charge in [-0.2, -0.15) is 20.1 Å². The summed E-state index contributed by atoms with van der Waals surface area (Å²) in [6.07, 6.45) is 2.30. The molecular formula is C10H14N8O2. The molecule has 0 aromatic carbocycles. The Balaban J connectivity index is 2.35. The van der Waals surface area contributed by atoms with Crippen LogP contribution in [0.5, 0.6) is 6.01 Å². The molecule has 10 nitrogen and oxygen atoms in total. The predicted octanol–water partition coefficient (Wildman–Crippen LogP) is -0.769. The Morgan fingerprint density at radius 2 is 2.25 bits per heavy atom. The van der Waals surface area contributed by atoms with E-state index >= 15 is 0 Å². The van der Waals surface area contributed by atoms with Gasteiger partial charge in [0.2, 0.25) is 5.95 Å². The number of ether oxygens (including phenoxy) is 1.